The van der Waals surface area contributed by atoms with Gasteiger partial charge in [0.2, 0.25) is 5.91 Å². The smallest absolute Gasteiger partial charge is 0.234 e. The molecule has 5 nitrogen and oxygen atoms in total. The minimum absolute atomic E-state index is 0.0995. The molecule has 17 heavy (non-hydrogen) atoms. The highest BCUT2D eigenvalue weighted by molar-refractivity contribution is 5.78. The molecule has 0 saturated carbocycles. The predicted molar refractivity (Wildman–Crippen MR) is 68.0 cm³/mol. The number of rotatable bonds is 7. The lowest BCUT2D eigenvalue weighted by Crippen LogP contribution is -2.47. The van der Waals surface area contributed by atoms with Crippen molar-refractivity contribution in [2.45, 2.75) is 25.8 Å². The Kier molecular flexibility index (Phi) is 7.16. The molecule has 0 unspecified atom stereocenters. The molecule has 1 aliphatic rings. The lowest BCUT2D eigenvalue weighted by molar-refractivity contribution is -0.123. The molecule has 0 aromatic carbocycles. The van der Waals surface area contributed by atoms with Crippen molar-refractivity contribution in [1.82, 2.24) is 15.5 Å². The van der Waals surface area contributed by atoms with Crippen LogP contribution in [0.4, 0.5) is 0 Å². The maximum absolute atomic E-state index is 11.7. The largest absolute Gasteiger partial charge is 0.383 e. The monoisotopic (exact) mass is 243 g/mol. The quantitative estimate of drug-likeness (QED) is 0.609. The molecule has 0 aromatic rings. The molecule has 0 spiro atoms. The van der Waals surface area contributed by atoms with Gasteiger partial charge in [0.05, 0.1) is 13.2 Å². The molecule has 0 aliphatic carbocycles. The second kappa shape index (κ2) is 8.44. The van der Waals surface area contributed by atoms with Crippen LogP contribution >= 0.6 is 0 Å². The van der Waals surface area contributed by atoms with E-state index in [1.165, 1.54) is 0 Å². The Hall–Kier alpha value is -0.650. The van der Waals surface area contributed by atoms with Gasteiger partial charge in [-0.3, -0.25) is 9.69 Å². The molecule has 2 N–H and O–H groups in total. The van der Waals surface area contributed by atoms with E-state index in [1.807, 2.05) is 0 Å². The van der Waals surface area contributed by atoms with Crippen molar-refractivity contribution >= 4 is 5.91 Å². The van der Waals surface area contributed by atoms with E-state index in [0.717, 1.165) is 32.5 Å². The van der Waals surface area contributed by atoms with Gasteiger partial charge in [0, 0.05) is 19.7 Å². The van der Waals surface area contributed by atoms with E-state index < -0.39 is 0 Å². The third-order valence-corrected chi connectivity index (χ3v) is 3.21. The van der Waals surface area contributed by atoms with Crippen molar-refractivity contribution in [3.05, 3.63) is 0 Å². The average Bonchev–Trinajstić information content (AvgIpc) is 2.37. The molecule has 0 radical (unpaired) electrons. The SMILES string of the molecule is CCN(CC(=O)NCCOC)C1CCNCC1. The Labute approximate surface area is 104 Å². The van der Waals surface area contributed by atoms with Gasteiger partial charge in [-0.05, 0) is 32.5 Å². The van der Waals surface area contributed by atoms with Crippen LogP contribution in [0.1, 0.15) is 19.8 Å². The van der Waals surface area contributed by atoms with E-state index in [1.54, 1.807) is 7.11 Å². The van der Waals surface area contributed by atoms with Crippen LogP contribution in [0.5, 0.6) is 0 Å². The number of carbonyl (C=O) groups excluding carboxylic acids is 1. The molecule has 1 saturated heterocycles. The summed E-state index contributed by atoms with van der Waals surface area (Å²) in [4.78, 5) is 14.0. The lowest BCUT2D eigenvalue weighted by Gasteiger charge is -2.33. The molecule has 1 fully saturated rings. The van der Waals surface area contributed by atoms with Gasteiger partial charge in [0.1, 0.15) is 0 Å². The van der Waals surface area contributed by atoms with Gasteiger partial charge in [0.25, 0.3) is 0 Å². The van der Waals surface area contributed by atoms with Crippen LogP contribution in [0.2, 0.25) is 0 Å². The minimum atomic E-state index is 0.0995. The summed E-state index contributed by atoms with van der Waals surface area (Å²) in [6, 6.07) is 0.550. The van der Waals surface area contributed by atoms with Gasteiger partial charge >= 0.3 is 0 Å². The number of likely N-dealkylation sites (N-methyl/N-ethyl adjacent to an activating group) is 1. The van der Waals surface area contributed by atoms with Gasteiger partial charge in [-0.2, -0.15) is 0 Å². The first-order valence-corrected chi connectivity index (χ1v) is 6.48. The number of nitrogens with zero attached hydrogens (tertiary/aromatic N) is 1. The van der Waals surface area contributed by atoms with Crippen LogP contribution < -0.4 is 10.6 Å². The van der Waals surface area contributed by atoms with E-state index in [-0.39, 0.29) is 5.91 Å². The fourth-order valence-corrected chi connectivity index (χ4v) is 2.20. The molecular weight excluding hydrogens is 218 g/mol. The summed E-state index contributed by atoms with van der Waals surface area (Å²) >= 11 is 0. The summed E-state index contributed by atoms with van der Waals surface area (Å²) < 4.78 is 4.90. The zero-order valence-corrected chi connectivity index (χ0v) is 11.0. The first-order chi connectivity index (χ1) is 8.27. The Morgan fingerprint density at radius 3 is 2.76 bits per heavy atom. The normalized spacial score (nSPS) is 17.4. The molecule has 0 atom stereocenters. The highest BCUT2D eigenvalue weighted by Gasteiger charge is 2.21. The van der Waals surface area contributed by atoms with Crippen LogP contribution in [-0.4, -0.2) is 63.3 Å². The van der Waals surface area contributed by atoms with E-state index in [4.69, 9.17) is 4.74 Å². The number of ether oxygens (including phenoxy) is 1. The van der Waals surface area contributed by atoms with Crippen molar-refractivity contribution < 1.29 is 9.53 Å². The van der Waals surface area contributed by atoms with Crippen molar-refractivity contribution in [1.29, 1.82) is 0 Å². The molecule has 0 bridgehead atoms. The zero-order chi connectivity index (χ0) is 12.5. The molecule has 0 aromatic heterocycles. The zero-order valence-electron chi connectivity index (χ0n) is 11.0. The topological polar surface area (TPSA) is 53.6 Å². The van der Waals surface area contributed by atoms with Crippen LogP contribution in [0.3, 0.4) is 0 Å². The third-order valence-electron chi connectivity index (χ3n) is 3.21. The standard InChI is InChI=1S/C12H25N3O2/c1-3-15(11-4-6-13-7-5-11)10-12(16)14-8-9-17-2/h11,13H,3-10H2,1-2H3,(H,14,16). The molecule has 1 aliphatic heterocycles. The molecule has 1 heterocycles. The van der Waals surface area contributed by atoms with Gasteiger partial charge in [0.15, 0.2) is 0 Å². The maximum Gasteiger partial charge on any atom is 0.234 e. The number of nitrogens with one attached hydrogen (secondary N) is 2. The van der Waals surface area contributed by atoms with E-state index in [0.29, 0.717) is 25.7 Å². The van der Waals surface area contributed by atoms with Crippen LogP contribution in [0.15, 0.2) is 0 Å². The fourth-order valence-electron chi connectivity index (χ4n) is 2.20. The first kappa shape index (κ1) is 14.4. The third kappa shape index (κ3) is 5.48. The molecule has 100 valence electrons. The highest BCUT2D eigenvalue weighted by atomic mass is 16.5. The van der Waals surface area contributed by atoms with Crippen LogP contribution in [0, 0.1) is 0 Å². The maximum atomic E-state index is 11.7. The number of carbonyl (C=O) groups is 1. The summed E-state index contributed by atoms with van der Waals surface area (Å²) in [7, 11) is 1.64. The Morgan fingerprint density at radius 2 is 2.18 bits per heavy atom. The van der Waals surface area contributed by atoms with E-state index in [9.17, 15) is 4.79 Å². The number of hydrogen-bond donors (Lipinski definition) is 2. The second-order valence-corrected chi connectivity index (χ2v) is 4.39. The fraction of sp³-hybridized carbons (Fsp3) is 0.917. The number of amides is 1. The molecule has 5 heteroatoms. The molecular formula is C12H25N3O2. The summed E-state index contributed by atoms with van der Waals surface area (Å²) in [6.07, 6.45) is 2.28. The predicted octanol–water partition coefficient (Wildman–Crippen LogP) is -0.177. The summed E-state index contributed by atoms with van der Waals surface area (Å²) in [6.45, 7) is 6.85. The Morgan fingerprint density at radius 1 is 1.47 bits per heavy atom. The summed E-state index contributed by atoms with van der Waals surface area (Å²) in [5.74, 6) is 0.0995. The second-order valence-electron chi connectivity index (χ2n) is 4.39. The van der Waals surface area contributed by atoms with Crippen molar-refractivity contribution in [2.24, 2.45) is 0 Å². The van der Waals surface area contributed by atoms with Crippen molar-refractivity contribution in [3.63, 3.8) is 0 Å². The molecule has 1 rings (SSSR count). The Balaban J connectivity index is 2.27. The van der Waals surface area contributed by atoms with Crippen LogP contribution in [-0.2, 0) is 9.53 Å². The number of hydrogen-bond acceptors (Lipinski definition) is 4. The van der Waals surface area contributed by atoms with E-state index >= 15 is 0 Å². The lowest BCUT2D eigenvalue weighted by atomic mass is 10.0. The average molecular weight is 243 g/mol. The summed E-state index contributed by atoms with van der Waals surface area (Å²) in [5, 5.41) is 6.21. The number of piperidine rings is 1. The van der Waals surface area contributed by atoms with Gasteiger partial charge in [-0.25, -0.2) is 0 Å². The Bertz CT molecular complexity index is 218. The van der Waals surface area contributed by atoms with Crippen molar-refractivity contribution in [3.8, 4) is 0 Å². The first-order valence-electron chi connectivity index (χ1n) is 6.48. The number of methoxy groups -OCH3 is 1. The van der Waals surface area contributed by atoms with Gasteiger partial charge in [-0.15, -0.1) is 0 Å². The van der Waals surface area contributed by atoms with Crippen molar-refractivity contribution in [2.75, 3.05) is 46.4 Å². The van der Waals surface area contributed by atoms with E-state index in [2.05, 4.69) is 22.5 Å². The summed E-state index contributed by atoms with van der Waals surface area (Å²) in [5.41, 5.74) is 0. The molecule has 1 amide bonds. The van der Waals surface area contributed by atoms with Gasteiger partial charge in [-0.1, -0.05) is 6.92 Å². The van der Waals surface area contributed by atoms with Crippen LogP contribution in [0.25, 0.3) is 0 Å². The highest BCUT2D eigenvalue weighted by Crippen LogP contribution is 2.10. The minimum Gasteiger partial charge on any atom is -0.383 e. The van der Waals surface area contributed by atoms with Gasteiger partial charge < -0.3 is 15.4 Å².